The number of ketones is 1. The molecular formula is C15H11ClO3. The maximum absolute atomic E-state index is 11.4. The molecular weight excluding hydrogens is 264 g/mol. The van der Waals surface area contributed by atoms with Crippen molar-refractivity contribution in [2.75, 3.05) is 6.61 Å². The van der Waals surface area contributed by atoms with Crippen LogP contribution in [0.4, 0.5) is 0 Å². The summed E-state index contributed by atoms with van der Waals surface area (Å²) < 4.78 is 10.9. The van der Waals surface area contributed by atoms with Gasteiger partial charge in [0.2, 0.25) is 5.78 Å². The third-order valence-corrected chi connectivity index (χ3v) is 3.14. The molecule has 0 amide bonds. The van der Waals surface area contributed by atoms with Crippen LogP contribution in [0.2, 0.25) is 5.02 Å². The Morgan fingerprint density at radius 1 is 1.21 bits per heavy atom. The summed E-state index contributed by atoms with van der Waals surface area (Å²) in [5.74, 6) is 1.28. The van der Waals surface area contributed by atoms with Crippen LogP contribution < -0.4 is 9.47 Å². The third-order valence-electron chi connectivity index (χ3n) is 2.91. The minimum Gasteiger partial charge on any atom is -0.489 e. The molecule has 0 radical (unpaired) electrons. The van der Waals surface area contributed by atoms with Gasteiger partial charge in [-0.1, -0.05) is 23.7 Å². The van der Waals surface area contributed by atoms with Gasteiger partial charge in [-0.3, -0.25) is 4.79 Å². The van der Waals surface area contributed by atoms with Crippen molar-refractivity contribution < 1.29 is 14.3 Å². The number of halogens is 1. The first-order chi connectivity index (χ1) is 9.22. The van der Waals surface area contributed by atoms with E-state index in [4.69, 9.17) is 21.1 Å². The average Bonchev–Trinajstić information content (AvgIpc) is 2.78. The Balaban J connectivity index is 1.73. The molecule has 0 bridgehead atoms. The van der Waals surface area contributed by atoms with Gasteiger partial charge in [0.25, 0.3) is 0 Å². The first-order valence-electron chi connectivity index (χ1n) is 5.90. The number of Topliss-reactive ketones (excluding diaryl/α,β-unsaturated/α-hetero) is 1. The molecule has 0 atom stereocenters. The predicted octanol–water partition coefficient (Wildman–Crippen LogP) is 3.49. The summed E-state index contributed by atoms with van der Waals surface area (Å²) in [5, 5.41) is 0.684. The number of benzene rings is 2. The lowest BCUT2D eigenvalue weighted by Gasteiger charge is -2.07. The highest BCUT2D eigenvalue weighted by atomic mass is 35.5. The third kappa shape index (κ3) is 2.56. The first kappa shape index (κ1) is 12.1. The standard InChI is InChI=1S/C15H11ClO3/c16-11-3-1-2-10(6-11)8-18-12-4-5-13-14(17)9-19-15(13)7-12/h1-7H,8-9H2. The quantitative estimate of drug-likeness (QED) is 0.859. The van der Waals surface area contributed by atoms with Crippen LogP contribution >= 0.6 is 11.6 Å². The van der Waals surface area contributed by atoms with E-state index in [-0.39, 0.29) is 12.4 Å². The number of hydrogen-bond acceptors (Lipinski definition) is 3. The van der Waals surface area contributed by atoms with Crippen molar-refractivity contribution >= 4 is 17.4 Å². The Hall–Kier alpha value is -2.00. The molecule has 1 aliphatic heterocycles. The van der Waals surface area contributed by atoms with Gasteiger partial charge in [-0.05, 0) is 29.8 Å². The van der Waals surface area contributed by atoms with Gasteiger partial charge in [-0.2, -0.15) is 0 Å². The Morgan fingerprint density at radius 2 is 2.11 bits per heavy atom. The molecule has 4 heteroatoms. The van der Waals surface area contributed by atoms with Crippen molar-refractivity contribution in [3.63, 3.8) is 0 Å². The molecule has 3 rings (SSSR count). The Labute approximate surface area is 115 Å². The van der Waals surface area contributed by atoms with Crippen molar-refractivity contribution in [2.45, 2.75) is 6.61 Å². The molecule has 0 spiro atoms. The molecule has 2 aromatic carbocycles. The lowest BCUT2D eigenvalue weighted by molar-refractivity contribution is 0.0961. The number of hydrogen-bond donors (Lipinski definition) is 0. The van der Waals surface area contributed by atoms with Crippen LogP contribution in [0.25, 0.3) is 0 Å². The van der Waals surface area contributed by atoms with E-state index in [2.05, 4.69) is 0 Å². The zero-order valence-corrected chi connectivity index (χ0v) is 10.8. The monoisotopic (exact) mass is 274 g/mol. The van der Waals surface area contributed by atoms with Crippen LogP contribution in [-0.4, -0.2) is 12.4 Å². The average molecular weight is 275 g/mol. The number of rotatable bonds is 3. The van der Waals surface area contributed by atoms with Crippen LogP contribution in [0.5, 0.6) is 11.5 Å². The number of fused-ring (bicyclic) bond motifs is 1. The fourth-order valence-corrected chi connectivity index (χ4v) is 2.17. The largest absolute Gasteiger partial charge is 0.489 e. The van der Waals surface area contributed by atoms with Gasteiger partial charge >= 0.3 is 0 Å². The van der Waals surface area contributed by atoms with Crippen molar-refractivity contribution in [1.82, 2.24) is 0 Å². The summed E-state index contributed by atoms with van der Waals surface area (Å²) in [6.07, 6.45) is 0. The normalized spacial score (nSPS) is 13.0. The Kier molecular flexibility index (Phi) is 3.13. The molecule has 3 nitrogen and oxygen atoms in total. The molecule has 0 fully saturated rings. The van der Waals surface area contributed by atoms with E-state index in [0.717, 1.165) is 5.56 Å². The molecule has 0 unspecified atom stereocenters. The van der Waals surface area contributed by atoms with E-state index in [9.17, 15) is 4.79 Å². The first-order valence-corrected chi connectivity index (χ1v) is 6.27. The lowest BCUT2D eigenvalue weighted by atomic mass is 10.1. The summed E-state index contributed by atoms with van der Waals surface area (Å²) >= 11 is 5.91. The Morgan fingerprint density at radius 3 is 2.95 bits per heavy atom. The molecule has 1 aliphatic rings. The maximum Gasteiger partial charge on any atom is 0.203 e. The van der Waals surface area contributed by atoms with Gasteiger partial charge in [0.05, 0.1) is 5.56 Å². The van der Waals surface area contributed by atoms with Gasteiger partial charge in [-0.25, -0.2) is 0 Å². The zero-order chi connectivity index (χ0) is 13.2. The second-order valence-electron chi connectivity index (χ2n) is 4.29. The topological polar surface area (TPSA) is 35.5 Å². The molecule has 0 saturated carbocycles. The van der Waals surface area contributed by atoms with Crippen LogP contribution in [-0.2, 0) is 6.61 Å². The zero-order valence-electron chi connectivity index (χ0n) is 10.1. The van der Waals surface area contributed by atoms with E-state index in [1.54, 1.807) is 18.2 Å². The van der Waals surface area contributed by atoms with Crippen LogP contribution in [0, 0.1) is 0 Å². The molecule has 0 aromatic heterocycles. The van der Waals surface area contributed by atoms with Crippen LogP contribution in [0.1, 0.15) is 15.9 Å². The van der Waals surface area contributed by atoms with Crippen molar-refractivity contribution in [3.8, 4) is 11.5 Å². The summed E-state index contributed by atoms with van der Waals surface area (Å²) in [6, 6.07) is 12.7. The molecule has 19 heavy (non-hydrogen) atoms. The highest BCUT2D eigenvalue weighted by Gasteiger charge is 2.21. The Bertz CT molecular complexity index is 637. The minimum atomic E-state index is 0.0105. The fraction of sp³-hybridized carbons (Fsp3) is 0.133. The molecule has 0 aliphatic carbocycles. The summed E-state index contributed by atoms with van der Waals surface area (Å²) in [7, 11) is 0. The molecule has 2 aromatic rings. The van der Waals surface area contributed by atoms with Crippen LogP contribution in [0.3, 0.4) is 0 Å². The smallest absolute Gasteiger partial charge is 0.203 e. The van der Waals surface area contributed by atoms with Gasteiger partial charge < -0.3 is 9.47 Å². The van der Waals surface area contributed by atoms with Gasteiger partial charge in [0, 0.05) is 11.1 Å². The molecule has 0 saturated heterocycles. The van der Waals surface area contributed by atoms with Gasteiger partial charge in [-0.15, -0.1) is 0 Å². The van der Waals surface area contributed by atoms with Crippen LogP contribution in [0.15, 0.2) is 42.5 Å². The fourth-order valence-electron chi connectivity index (χ4n) is 1.96. The lowest BCUT2D eigenvalue weighted by Crippen LogP contribution is -1.98. The highest BCUT2D eigenvalue weighted by Crippen LogP contribution is 2.29. The number of carbonyl (C=O) groups excluding carboxylic acids is 1. The van der Waals surface area contributed by atoms with E-state index in [1.165, 1.54) is 0 Å². The summed E-state index contributed by atoms with van der Waals surface area (Å²) in [5.41, 5.74) is 1.61. The highest BCUT2D eigenvalue weighted by molar-refractivity contribution is 6.30. The van der Waals surface area contributed by atoms with Gasteiger partial charge in [0.15, 0.2) is 6.61 Å². The van der Waals surface area contributed by atoms with Gasteiger partial charge in [0.1, 0.15) is 18.1 Å². The number of carbonyl (C=O) groups is 1. The van der Waals surface area contributed by atoms with E-state index in [1.807, 2.05) is 24.3 Å². The van der Waals surface area contributed by atoms with Crippen molar-refractivity contribution in [2.24, 2.45) is 0 Å². The minimum absolute atomic E-state index is 0.0105. The maximum atomic E-state index is 11.4. The van der Waals surface area contributed by atoms with Crippen molar-refractivity contribution in [3.05, 3.63) is 58.6 Å². The molecule has 0 N–H and O–H groups in total. The molecule has 1 heterocycles. The summed E-state index contributed by atoms with van der Waals surface area (Å²) in [4.78, 5) is 11.4. The predicted molar refractivity (Wildman–Crippen MR) is 72.1 cm³/mol. The second-order valence-corrected chi connectivity index (χ2v) is 4.72. The number of ether oxygens (including phenoxy) is 2. The van der Waals surface area contributed by atoms with E-state index >= 15 is 0 Å². The second kappa shape index (κ2) is 4.94. The molecule has 96 valence electrons. The van der Waals surface area contributed by atoms with Crippen molar-refractivity contribution in [1.29, 1.82) is 0 Å². The van der Waals surface area contributed by atoms with E-state index in [0.29, 0.717) is 28.7 Å². The SMILES string of the molecule is O=C1COc2cc(OCc3cccc(Cl)c3)ccc21. The summed E-state index contributed by atoms with van der Waals surface area (Å²) in [6.45, 7) is 0.542. The van der Waals surface area contributed by atoms with E-state index < -0.39 is 0 Å².